The largest absolute Gasteiger partial charge is 0.457 e. The molecule has 0 saturated carbocycles. The molecule has 3 rings (SSSR count). The van der Waals surface area contributed by atoms with E-state index in [0.29, 0.717) is 17.1 Å². The molecule has 0 unspecified atom stereocenters. The summed E-state index contributed by atoms with van der Waals surface area (Å²) < 4.78 is 6.91. The SMILES string of the molecule is NC(=O)n1nc(-c2ccc(Oc3ccccc3)cc2)cc1CS. The molecule has 1 aromatic heterocycles. The number of primary amides is 1. The maximum Gasteiger partial charge on any atom is 0.339 e. The van der Waals surface area contributed by atoms with Crippen molar-refractivity contribution in [3.8, 4) is 22.8 Å². The Morgan fingerprint density at radius 3 is 2.30 bits per heavy atom. The third-order valence-corrected chi connectivity index (χ3v) is 3.61. The molecule has 116 valence electrons. The lowest BCUT2D eigenvalue weighted by atomic mass is 10.1. The number of benzene rings is 2. The fourth-order valence-corrected chi connectivity index (χ4v) is 2.41. The van der Waals surface area contributed by atoms with Gasteiger partial charge in [0.1, 0.15) is 11.5 Å². The van der Waals surface area contributed by atoms with Gasteiger partial charge in [-0.2, -0.15) is 22.4 Å². The number of nitrogens with zero attached hydrogens (tertiary/aromatic N) is 2. The van der Waals surface area contributed by atoms with Gasteiger partial charge in [-0.15, -0.1) is 0 Å². The molecule has 2 N–H and O–H groups in total. The van der Waals surface area contributed by atoms with Crippen LogP contribution in [0.3, 0.4) is 0 Å². The monoisotopic (exact) mass is 325 g/mol. The van der Waals surface area contributed by atoms with Crippen molar-refractivity contribution >= 4 is 18.7 Å². The van der Waals surface area contributed by atoms with E-state index >= 15 is 0 Å². The van der Waals surface area contributed by atoms with Crippen LogP contribution in [-0.4, -0.2) is 15.8 Å². The first-order valence-corrected chi connectivity index (χ1v) is 7.63. The van der Waals surface area contributed by atoms with Gasteiger partial charge in [-0.25, -0.2) is 4.79 Å². The van der Waals surface area contributed by atoms with Crippen molar-refractivity contribution in [1.82, 2.24) is 9.78 Å². The molecule has 0 radical (unpaired) electrons. The Hall–Kier alpha value is -2.73. The number of carbonyl (C=O) groups excluding carboxylic acids is 1. The lowest BCUT2D eigenvalue weighted by Crippen LogP contribution is -2.22. The van der Waals surface area contributed by atoms with Crippen molar-refractivity contribution < 1.29 is 9.53 Å². The van der Waals surface area contributed by atoms with E-state index in [2.05, 4.69) is 17.7 Å². The molecule has 0 bridgehead atoms. The smallest absolute Gasteiger partial charge is 0.339 e. The summed E-state index contributed by atoms with van der Waals surface area (Å²) in [6.07, 6.45) is 0. The predicted molar refractivity (Wildman–Crippen MR) is 91.9 cm³/mol. The van der Waals surface area contributed by atoms with Crippen LogP contribution in [-0.2, 0) is 5.75 Å². The number of para-hydroxylation sites is 1. The van der Waals surface area contributed by atoms with Crippen LogP contribution in [0.5, 0.6) is 11.5 Å². The quantitative estimate of drug-likeness (QED) is 0.719. The van der Waals surface area contributed by atoms with Crippen molar-refractivity contribution in [1.29, 1.82) is 0 Å². The van der Waals surface area contributed by atoms with Gasteiger partial charge in [0.15, 0.2) is 0 Å². The van der Waals surface area contributed by atoms with E-state index in [9.17, 15) is 4.79 Å². The molecule has 23 heavy (non-hydrogen) atoms. The van der Waals surface area contributed by atoms with E-state index in [-0.39, 0.29) is 0 Å². The molecule has 0 fully saturated rings. The van der Waals surface area contributed by atoms with Gasteiger partial charge < -0.3 is 10.5 Å². The van der Waals surface area contributed by atoms with Crippen molar-refractivity contribution in [2.24, 2.45) is 5.73 Å². The van der Waals surface area contributed by atoms with Gasteiger partial charge in [-0.3, -0.25) is 0 Å². The number of amides is 1. The highest BCUT2D eigenvalue weighted by atomic mass is 32.1. The van der Waals surface area contributed by atoms with E-state index in [1.807, 2.05) is 54.6 Å². The summed E-state index contributed by atoms with van der Waals surface area (Å²) in [5.41, 5.74) is 7.49. The van der Waals surface area contributed by atoms with Crippen LogP contribution in [0, 0.1) is 0 Å². The van der Waals surface area contributed by atoms with Gasteiger partial charge in [0.05, 0.1) is 11.4 Å². The zero-order valence-electron chi connectivity index (χ0n) is 12.2. The molecule has 0 atom stereocenters. The van der Waals surface area contributed by atoms with Gasteiger partial charge in [0, 0.05) is 11.3 Å². The Kier molecular flexibility index (Phi) is 4.34. The first-order chi connectivity index (χ1) is 11.2. The van der Waals surface area contributed by atoms with E-state index in [1.165, 1.54) is 0 Å². The van der Waals surface area contributed by atoms with Crippen molar-refractivity contribution in [2.45, 2.75) is 5.75 Å². The molecule has 6 heteroatoms. The maximum atomic E-state index is 11.4. The number of thiol groups is 1. The minimum atomic E-state index is -0.621. The average Bonchev–Trinajstić information content (AvgIpc) is 3.01. The van der Waals surface area contributed by atoms with Crippen LogP contribution in [0.2, 0.25) is 0 Å². The van der Waals surface area contributed by atoms with Crippen LogP contribution in [0.25, 0.3) is 11.3 Å². The summed E-state index contributed by atoms with van der Waals surface area (Å²) in [5, 5.41) is 4.22. The summed E-state index contributed by atoms with van der Waals surface area (Å²) in [6, 6.07) is 18.2. The molecule has 0 aliphatic carbocycles. The second kappa shape index (κ2) is 6.58. The summed E-state index contributed by atoms with van der Waals surface area (Å²) >= 11 is 4.18. The summed E-state index contributed by atoms with van der Waals surface area (Å²) in [6.45, 7) is 0. The van der Waals surface area contributed by atoms with Crippen LogP contribution < -0.4 is 10.5 Å². The summed E-state index contributed by atoms with van der Waals surface area (Å²) in [5.74, 6) is 1.88. The minimum absolute atomic E-state index is 0.380. The number of rotatable bonds is 4. The van der Waals surface area contributed by atoms with Crippen molar-refractivity contribution in [2.75, 3.05) is 0 Å². The van der Waals surface area contributed by atoms with Gasteiger partial charge in [-0.1, -0.05) is 18.2 Å². The second-order valence-corrected chi connectivity index (χ2v) is 5.18. The maximum absolute atomic E-state index is 11.4. The summed E-state index contributed by atoms with van der Waals surface area (Å²) in [7, 11) is 0. The molecule has 0 saturated heterocycles. The topological polar surface area (TPSA) is 70.1 Å². The summed E-state index contributed by atoms with van der Waals surface area (Å²) in [4.78, 5) is 11.4. The molecular formula is C17H15N3O2S. The zero-order chi connectivity index (χ0) is 16.2. The highest BCUT2D eigenvalue weighted by molar-refractivity contribution is 7.79. The van der Waals surface area contributed by atoms with Gasteiger partial charge in [0.25, 0.3) is 0 Å². The van der Waals surface area contributed by atoms with Crippen molar-refractivity contribution in [3.63, 3.8) is 0 Å². The Morgan fingerprint density at radius 2 is 1.74 bits per heavy atom. The van der Waals surface area contributed by atoms with Crippen molar-refractivity contribution in [3.05, 3.63) is 66.4 Å². The zero-order valence-corrected chi connectivity index (χ0v) is 13.1. The number of nitrogens with two attached hydrogens (primary N) is 1. The average molecular weight is 325 g/mol. The second-order valence-electron chi connectivity index (χ2n) is 4.87. The molecular weight excluding hydrogens is 310 g/mol. The molecule has 1 amide bonds. The molecule has 2 aromatic carbocycles. The van der Waals surface area contributed by atoms with Gasteiger partial charge in [-0.05, 0) is 42.5 Å². The van der Waals surface area contributed by atoms with E-state index < -0.39 is 6.03 Å². The molecule has 1 heterocycles. The molecule has 3 aromatic rings. The standard InChI is InChI=1S/C17H15N3O2S/c18-17(21)20-13(11-23)10-16(19-20)12-6-8-15(9-7-12)22-14-4-2-1-3-5-14/h1-10,23H,11H2,(H2,18,21). The first-order valence-electron chi connectivity index (χ1n) is 7.00. The molecule has 5 nitrogen and oxygen atoms in total. The van der Waals surface area contributed by atoms with Crippen LogP contribution in [0.1, 0.15) is 5.69 Å². The van der Waals surface area contributed by atoms with Crippen LogP contribution in [0.4, 0.5) is 4.79 Å². The Bertz CT molecular complexity index is 814. The van der Waals surface area contributed by atoms with Crippen LogP contribution in [0.15, 0.2) is 60.7 Å². The molecule has 0 aliphatic rings. The third kappa shape index (κ3) is 3.37. The van der Waals surface area contributed by atoms with E-state index in [0.717, 1.165) is 21.7 Å². The normalized spacial score (nSPS) is 10.5. The number of aromatic nitrogens is 2. The predicted octanol–water partition coefficient (Wildman–Crippen LogP) is 3.70. The fraction of sp³-hybridized carbons (Fsp3) is 0.0588. The highest BCUT2D eigenvalue weighted by Crippen LogP contribution is 2.25. The van der Waals surface area contributed by atoms with Gasteiger partial charge in [0.2, 0.25) is 0 Å². The number of hydrogen-bond acceptors (Lipinski definition) is 4. The highest BCUT2D eigenvalue weighted by Gasteiger charge is 2.12. The fourth-order valence-electron chi connectivity index (χ4n) is 2.18. The van der Waals surface area contributed by atoms with E-state index in [1.54, 1.807) is 6.07 Å². The number of carbonyl (C=O) groups is 1. The minimum Gasteiger partial charge on any atom is -0.457 e. The number of ether oxygens (including phenoxy) is 1. The lowest BCUT2D eigenvalue weighted by Gasteiger charge is -2.05. The first kappa shape index (κ1) is 15.2. The molecule has 0 aliphatic heterocycles. The van der Waals surface area contributed by atoms with Gasteiger partial charge >= 0.3 is 6.03 Å². The lowest BCUT2D eigenvalue weighted by molar-refractivity contribution is 0.247. The number of hydrogen-bond donors (Lipinski definition) is 2. The van der Waals surface area contributed by atoms with E-state index in [4.69, 9.17) is 10.5 Å². The van der Waals surface area contributed by atoms with Crippen LogP contribution >= 0.6 is 12.6 Å². The Labute approximate surface area is 139 Å². The Balaban J connectivity index is 1.83. The third-order valence-electron chi connectivity index (χ3n) is 3.28. The molecule has 0 spiro atoms. The Morgan fingerprint density at radius 1 is 1.09 bits per heavy atom.